The number of carbonyl (C=O) groups excluding carboxylic acids is 1. The Kier molecular flexibility index (Phi) is 5.68. The molecule has 0 aliphatic rings. The topological polar surface area (TPSA) is 76.8 Å². The lowest BCUT2D eigenvalue weighted by atomic mass is 10.0. The number of amides is 1. The highest BCUT2D eigenvalue weighted by Gasteiger charge is 2.23. The second kappa shape index (κ2) is 8.33. The summed E-state index contributed by atoms with van der Waals surface area (Å²) in [5, 5.41) is 7.56. The first-order valence-electron chi connectivity index (χ1n) is 8.69. The molecule has 0 spiro atoms. The van der Waals surface area contributed by atoms with Crippen molar-refractivity contribution in [3.63, 3.8) is 0 Å². The van der Waals surface area contributed by atoms with Crippen LogP contribution < -0.4 is 0 Å². The number of nitrogens with zero attached hydrogens (tertiary/aromatic N) is 6. The van der Waals surface area contributed by atoms with E-state index >= 15 is 0 Å². The first-order chi connectivity index (χ1) is 12.7. The van der Waals surface area contributed by atoms with E-state index in [-0.39, 0.29) is 11.9 Å². The number of rotatable bonds is 7. The van der Waals surface area contributed by atoms with E-state index in [0.717, 1.165) is 24.8 Å². The fourth-order valence-corrected chi connectivity index (χ4v) is 2.91. The monoisotopic (exact) mass is 350 g/mol. The summed E-state index contributed by atoms with van der Waals surface area (Å²) in [5.74, 6) is 0.562. The summed E-state index contributed by atoms with van der Waals surface area (Å²) >= 11 is 0. The van der Waals surface area contributed by atoms with Crippen LogP contribution in [0.1, 0.15) is 48.1 Å². The molecule has 0 aliphatic heterocycles. The van der Waals surface area contributed by atoms with Gasteiger partial charge in [0.25, 0.3) is 5.91 Å². The second-order valence-electron chi connectivity index (χ2n) is 6.13. The number of pyridine rings is 2. The molecule has 0 saturated heterocycles. The molecule has 7 nitrogen and oxygen atoms in total. The van der Waals surface area contributed by atoms with Gasteiger partial charge in [0.2, 0.25) is 0 Å². The number of aromatic nitrogens is 5. The smallest absolute Gasteiger partial charge is 0.254 e. The van der Waals surface area contributed by atoms with E-state index in [2.05, 4.69) is 27.1 Å². The highest BCUT2D eigenvalue weighted by atomic mass is 16.2. The summed E-state index contributed by atoms with van der Waals surface area (Å²) in [7, 11) is 1.84. The van der Waals surface area contributed by atoms with Crippen molar-refractivity contribution in [3.05, 3.63) is 66.6 Å². The van der Waals surface area contributed by atoms with Gasteiger partial charge in [0, 0.05) is 31.2 Å². The van der Waals surface area contributed by atoms with Gasteiger partial charge in [-0.15, -0.1) is 10.2 Å². The third kappa shape index (κ3) is 3.93. The summed E-state index contributed by atoms with van der Waals surface area (Å²) in [6.45, 7) is 2.15. The van der Waals surface area contributed by atoms with E-state index in [4.69, 9.17) is 0 Å². The highest BCUT2D eigenvalue weighted by molar-refractivity contribution is 5.94. The van der Waals surface area contributed by atoms with Crippen LogP contribution in [0.25, 0.3) is 5.82 Å². The Morgan fingerprint density at radius 3 is 2.73 bits per heavy atom. The Morgan fingerprint density at radius 1 is 1.23 bits per heavy atom. The van der Waals surface area contributed by atoms with Crippen LogP contribution in [-0.2, 0) is 0 Å². The Balaban J connectivity index is 1.86. The van der Waals surface area contributed by atoms with Crippen molar-refractivity contribution < 1.29 is 4.79 Å². The minimum Gasteiger partial charge on any atom is -0.335 e. The largest absolute Gasteiger partial charge is 0.335 e. The van der Waals surface area contributed by atoms with E-state index < -0.39 is 0 Å². The normalized spacial score (nSPS) is 11.9. The van der Waals surface area contributed by atoms with Gasteiger partial charge in [0.05, 0.1) is 6.04 Å². The lowest BCUT2D eigenvalue weighted by Crippen LogP contribution is -2.31. The molecule has 7 heteroatoms. The molecule has 0 radical (unpaired) electrons. The molecular formula is C19H22N6O. The maximum atomic E-state index is 13.1. The van der Waals surface area contributed by atoms with Gasteiger partial charge in [-0.3, -0.25) is 14.3 Å². The van der Waals surface area contributed by atoms with Crippen LogP contribution in [0.3, 0.4) is 0 Å². The molecule has 0 fully saturated rings. The Morgan fingerprint density at radius 2 is 2.04 bits per heavy atom. The number of unbranched alkanes of at least 4 members (excludes halogenated alkanes) is 1. The van der Waals surface area contributed by atoms with Gasteiger partial charge in [-0.25, -0.2) is 4.98 Å². The molecule has 0 aliphatic carbocycles. The Hall–Kier alpha value is -3.09. The molecule has 0 bridgehead atoms. The average molecular weight is 350 g/mol. The van der Waals surface area contributed by atoms with Crippen LogP contribution in [-0.4, -0.2) is 42.6 Å². The van der Waals surface area contributed by atoms with E-state index in [9.17, 15) is 4.79 Å². The molecule has 0 saturated carbocycles. The molecule has 3 aromatic heterocycles. The summed E-state index contributed by atoms with van der Waals surface area (Å²) < 4.78 is 1.67. The molecule has 3 aromatic rings. The fraction of sp³-hybridized carbons (Fsp3) is 0.316. The average Bonchev–Trinajstić information content (AvgIpc) is 3.23. The van der Waals surface area contributed by atoms with Crippen LogP contribution in [0.5, 0.6) is 0 Å². The molecule has 3 heterocycles. The molecule has 1 atom stereocenters. The summed E-state index contributed by atoms with van der Waals surface area (Å²) in [6.07, 6.45) is 11.3. The Bertz CT molecular complexity index is 834. The SMILES string of the molecule is CCCC[C@@H](c1cccnc1)N(C)C(=O)c1ccnc(-n2cnnc2)c1. The molecular weight excluding hydrogens is 328 g/mol. The number of hydrogen-bond acceptors (Lipinski definition) is 5. The summed E-state index contributed by atoms with van der Waals surface area (Å²) in [5.41, 5.74) is 1.63. The number of carbonyl (C=O) groups is 1. The third-order valence-electron chi connectivity index (χ3n) is 4.36. The van der Waals surface area contributed by atoms with Crippen molar-refractivity contribution in [1.29, 1.82) is 0 Å². The van der Waals surface area contributed by atoms with Crippen molar-refractivity contribution >= 4 is 5.91 Å². The van der Waals surface area contributed by atoms with Gasteiger partial charge < -0.3 is 4.90 Å². The lowest BCUT2D eigenvalue weighted by molar-refractivity contribution is 0.0720. The van der Waals surface area contributed by atoms with Crippen molar-refractivity contribution in [2.45, 2.75) is 32.2 Å². The predicted octanol–water partition coefficient (Wildman–Crippen LogP) is 3.06. The standard InChI is InChI=1S/C19H22N6O/c1-3-4-7-17(16-6-5-9-20-12-16)24(2)19(26)15-8-10-21-18(11-15)25-13-22-23-14-25/h5-6,8-14,17H,3-4,7H2,1-2H3/t17-/m0/s1. The molecule has 0 unspecified atom stereocenters. The first-order valence-corrected chi connectivity index (χ1v) is 8.69. The van der Waals surface area contributed by atoms with Crippen LogP contribution in [0.4, 0.5) is 0 Å². The zero-order chi connectivity index (χ0) is 18.4. The van der Waals surface area contributed by atoms with E-state index in [1.165, 1.54) is 0 Å². The maximum Gasteiger partial charge on any atom is 0.254 e. The van der Waals surface area contributed by atoms with Crippen molar-refractivity contribution in [1.82, 2.24) is 29.6 Å². The summed E-state index contributed by atoms with van der Waals surface area (Å²) in [4.78, 5) is 23.4. The van der Waals surface area contributed by atoms with Crippen LogP contribution in [0, 0.1) is 0 Å². The van der Waals surface area contributed by atoms with Gasteiger partial charge in [0.1, 0.15) is 18.5 Å². The van der Waals surface area contributed by atoms with Crippen molar-refractivity contribution in [3.8, 4) is 5.82 Å². The van der Waals surface area contributed by atoms with Crippen molar-refractivity contribution in [2.24, 2.45) is 0 Å². The minimum absolute atomic E-state index is 0.0114. The first kappa shape index (κ1) is 17.7. The van der Waals surface area contributed by atoms with Gasteiger partial charge in [-0.2, -0.15) is 0 Å². The van der Waals surface area contributed by atoms with E-state index in [0.29, 0.717) is 11.4 Å². The van der Waals surface area contributed by atoms with Crippen molar-refractivity contribution in [2.75, 3.05) is 7.05 Å². The molecule has 1 amide bonds. The quantitative estimate of drug-likeness (QED) is 0.654. The zero-order valence-corrected chi connectivity index (χ0v) is 15.0. The molecule has 0 aromatic carbocycles. The zero-order valence-electron chi connectivity index (χ0n) is 15.0. The highest BCUT2D eigenvalue weighted by Crippen LogP contribution is 2.26. The molecule has 134 valence electrons. The van der Waals surface area contributed by atoms with E-state index in [1.807, 2.05) is 25.4 Å². The Labute approximate surface area is 152 Å². The molecule has 0 N–H and O–H groups in total. The van der Waals surface area contributed by atoms with E-state index in [1.54, 1.807) is 46.6 Å². The van der Waals surface area contributed by atoms with Gasteiger partial charge in [0.15, 0.2) is 0 Å². The van der Waals surface area contributed by atoms with Gasteiger partial charge in [-0.1, -0.05) is 25.8 Å². The third-order valence-corrected chi connectivity index (χ3v) is 4.36. The number of hydrogen-bond donors (Lipinski definition) is 0. The maximum absolute atomic E-state index is 13.1. The fourth-order valence-electron chi connectivity index (χ4n) is 2.91. The van der Waals surface area contributed by atoms with Gasteiger partial charge in [-0.05, 0) is 30.2 Å². The van der Waals surface area contributed by atoms with Crippen LogP contribution >= 0.6 is 0 Å². The molecule has 26 heavy (non-hydrogen) atoms. The van der Waals surface area contributed by atoms with Crippen LogP contribution in [0.15, 0.2) is 55.5 Å². The van der Waals surface area contributed by atoms with Gasteiger partial charge >= 0.3 is 0 Å². The molecule has 3 rings (SSSR count). The van der Waals surface area contributed by atoms with Crippen LogP contribution in [0.2, 0.25) is 0 Å². The second-order valence-corrected chi connectivity index (χ2v) is 6.13. The minimum atomic E-state index is -0.0494. The predicted molar refractivity (Wildman–Crippen MR) is 97.8 cm³/mol. The summed E-state index contributed by atoms with van der Waals surface area (Å²) in [6, 6.07) is 7.40. The lowest BCUT2D eigenvalue weighted by Gasteiger charge is -2.28.